The average molecular weight is 435 g/mol. The zero-order valence-electron chi connectivity index (χ0n) is 18.2. The lowest BCUT2D eigenvalue weighted by Crippen LogP contribution is -2.41. The maximum Gasteiger partial charge on any atom is 0.191 e. The highest BCUT2D eigenvalue weighted by Crippen LogP contribution is 2.33. The summed E-state index contributed by atoms with van der Waals surface area (Å²) in [5.41, 5.74) is 4.71. The van der Waals surface area contributed by atoms with E-state index in [2.05, 4.69) is 64.3 Å². The molecule has 2 aromatic carbocycles. The lowest BCUT2D eigenvalue weighted by molar-refractivity contribution is -0.0265. The summed E-state index contributed by atoms with van der Waals surface area (Å²) >= 11 is 1.67. The Morgan fingerprint density at radius 3 is 2.71 bits per heavy atom. The van der Waals surface area contributed by atoms with Gasteiger partial charge >= 0.3 is 0 Å². The molecule has 2 N–H and O–H groups in total. The molecule has 3 aromatic rings. The number of hydrogen-bond acceptors (Lipinski definition) is 4. The summed E-state index contributed by atoms with van der Waals surface area (Å²) in [6.07, 6.45) is 2.38. The van der Waals surface area contributed by atoms with Gasteiger partial charge in [-0.2, -0.15) is 0 Å². The molecule has 2 unspecified atom stereocenters. The van der Waals surface area contributed by atoms with E-state index in [9.17, 15) is 0 Å². The fourth-order valence-corrected chi connectivity index (χ4v) is 4.73. The van der Waals surface area contributed by atoms with Crippen molar-refractivity contribution in [2.75, 3.05) is 20.2 Å². The van der Waals surface area contributed by atoms with Crippen LogP contribution in [0.3, 0.4) is 0 Å². The summed E-state index contributed by atoms with van der Waals surface area (Å²) in [4.78, 5) is 9.14. The Kier molecular flexibility index (Phi) is 7.33. The van der Waals surface area contributed by atoms with Gasteiger partial charge in [-0.15, -0.1) is 11.3 Å². The van der Waals surface area contributed by atoms with Crippen molar-refractivity contribution in [3.8, 4) is 10.6 Å². The minimum atomic E-state index is 0.131. The Morgan fingerprint density at radius 1 is 1.13 bits per heavy atom. The second-order valence-corrected chi connectivity index (χ2v) is 8.78. The van der Waals surface area contributed by atoms with Gasteiger partial charge in [-0.05, 0) is 25.3 Å². The Labute approximate surface area is 188 Å². The molecule has 0 amide bonds. The maximum absolute atomic E-state index is 6.15. The molecule has 4 rings (SSSR count). The highest BCUT2D eigenvalue weighted by molar-refractivity contribution is 7.13. The summed E-state index contributed by atoms with van der Waals surface area (Å²) in [5, 5.41) is 10.0. The second kappa shape index (κ2) is 10.6. The summed E-state index contributed by atoms with van der Waals surface area (Å²) in [5.74, 6) is 1.21. The van der Waals surface area contributed by atoms with Crippen molar-refractivity contribution in [2.45, 2.75) is 32.4 Å². The predicted octanol–water partition coefficient (Wildman–Crippen LogP) is 4.95. The third-order valence-corrected chi connectivity index (χ3v) is 6.56. The summed E-state index contributed by atoms with van der Waals surface area (Å²) in [6.45, 7) is 4.41. The van der Waals surface area contributed by atoms with Crippen molar-refractivity contribution in [2.24, 2.45) is 10.9 Å². The van der Waals surface area contributed by atoms with Crippen LogP contribution in [-0.4, -0.2) is 31.1 Å². The SMILES string of the molecule is CN=C(NCc1csc(-c2ccccc2)n1)NCC1CCCOC1c1ccc(C)cc1. The molecule has 1 aliphatic rings. The lowest BCUT2D eigenvalue weighted by atomic mass is 9.89. The molecule has 0 saturated carbocycles. The van der Waals surface area contributed by atoms with Crippen LogP contribution in [0, 0.1) is 12.8 Å². The zero-order valence-corrected chi connectivity index (χ0v) is 19.0. The monoisotopic (exact) mass is 434 g/mol. The number of thiazole rings is 1. The van der Waals surface area contributed by atoms with Crippen molar-refractivity contribution < 1.29 is 4.74 Å². The van der Waals surface area contributed by atoms with Crippen molar-refractivity contribution >= 4 is 17.3 Å². The minimum absolute atomic E-state index is 0.131. The third kappa shape index (κ3) is 5.71. The Balaban J connectivity index is 1.32. The van der Waals surface area contributed by atoms with E-state index in [1.807, 2.05) is 18.2 Å². The van der Waals surface area contributed by atoms with E-state index in [0.717, 1.165) is 48.2 Å². The zero-order chi connectivity index (χ0) is 21.5. The molecule has 1 saturated heterocycles. The van der Waals surface area contributed by atoms with Crippen LogP contribution >= 0.6 is 11.3 Å². The van der Waals surface area contributed by atoms with Crippen LogP contribution in [-0.2, 0) is 11.3 Å². The molecule has 5 nitrogen and oxygen atoms in total. The van der Waals surface area contributed by atoms with Gasteiger partial charge < -0.3 is 15.4 Å². The largest absolute Gasteiger partial charge is 0.373 e. The van der Waals surface area contributed by atoms with Gasteiger partial charge in [0.25, 0.3) is 0 Å². The highest BCUT2D eigenvalue weighted by Gasteiger charge is 2.27. The molecule has 2 atom stereocenters. The first-order valence-corrected chi connectivity index (χ1v) is 11.7. The quantitative estimate of drug-likeness (QED) is 0.426. The van der Waals surface area contributed by atoms with E-state index in [0.29, 0.717) is 12.5 Å². The topological polar surface area (TPSA) is 58.5 Å². The van der Waals surface area contributed by atoms with Gasteiger partial charge in [0, 0.05) is 37.1 Å². The van der Waals surface area contributed by atoms with Gasteiger partial charge in [0.1, 0.15) is 5.01 Å². The number of nitrogens with one attached hydrogen (secondary N) is 2. The van der Waals surface area contributed by atoms with Gasteiger partial charge in [0.05, 0.1) is 18.3 Å². The number of aliphatic imine (C=N–C) groups is 1. The third-order valence-electron chi connectivity index (χ3n) is 5.62. The number of aromatic nitrogens is 1. The molecule has 31 heavy (non-hydrogen) atoms. The summed E-state index contributed by atoms with van der Waals surface area (Å²) in [6, 6.07) is 19.0. The van der Waals surface area contributed by atoms with E-state index in [1.165, 1.54) is 11.1 Å². The molecular formula is C25H30N4OS. The van der Waals surface area contributed by atoms with E-state index in [-0.39, 0.29) is 6.10 Å². The standard InChI is InChI=1S/C25H30N4OS/c1-18-10-12-19(13-11-18)23-21(9-6-14-30-23)15-27-25(26-2)28-16-22-17-31-24(29-22)20-7-4-3-5-8-20/h3-5,7-8,10-13,17,21,23H,6,9,14-16H2,1-2H3,(H2,26,27,28). The Bertz CT molecular complexity index is 984. The van der Waals surface area contributed by atoms with Crippen LogP contribution in [0.1, 0.15) is 35.8 Å². The molecule has 6 heteroatoms. The summed E-state index contributed by atoms with van der Waals surface area (Å²) in [7, 11) is 1.81. The highest BCUT2D eigenvalue weighted by atomic mass is 32.1. The maximum atomic E-state index is 6.15. The van der Waals surface area contributed by atoms with Crippen LogP contribution in [0.25, 0.3) is 10.6 Å². The molecule has 1 aromatic heterocycles. The molecule has 0 bridgehead atoms. The fraction of sp³-hybridized carbons (Fsp3) is 0.360. The van der Waals surface area contributed by atoms with Crippen LogP contribution in [0.2, 0.25) is 0 Å². The molecule has 1 fully saturated rings. The smallest absolute Gasteiger partial charge is 0.191 e. The number of ether oxygens (including phenoxy) is 1. The minimum Gasteiger partial charge on any atom is -0.373 e. The number of guanidine groups is 1. The van der Waals surface area contributed by atoms with Gasteiger partial charge in [0.15, 0.2) is 5.96 Å². The number of aryl methyl sites for hydroxylation is 1. The van der Waals surface area contributed by atoms with Crippen LogP contribution in [0.5, 0.6) is 0 Å². The number of hydrogen-bond donors (Lipinski definition) is 2. The molecule has 0 radical (unpaired) electrons. The van der Waals surface area contributed by atoms with Crippen LogP contribution < -0.4 is 10.6 Å². The first kappa shape index (κ1) is 21.5. The average Bonchev–Trinajstić information content (AvgIpc) is 3.30. The molecule has 0 spiro atoms. The Morgan fingerprint density at radius 2 is 1.94 bits per heavy atom. The lowest BCUT2D eigenvalue weighted by Gasteiger charge is -2.32. The van der Waals surface area contributed by atoms with Crippen molar-refractivity contribution in [3.05, 3.63) is 76.8 Å². The van der Waals surface area contributed by atoms with E-state index in [1.54, 1.807) is 18.4 Å². The van der Waals surface area contributed by atoms with Gasteiger partial charge in [-0.3, -0.25) is 4.99 Å². The Hall–Kier alpha value is -2.70. The molecule has 0 aliphatic carbocycles. The van der Waals surface area contributed by atoms with Crippen molar-refractivity contribution in [1.82, 2.24) is 15.6 Å². The van der Waals surface area contributed by atoms with E-state index >= 15 is 0 Å². The number of benzene rings is 2. The first-order valence-electron chi connectivity index (χ1n) is 10.9. The van der Waals surface area contributed by atoms with Gasteiger partial charge in [-0.1, -0.05) is 60.2 Å². The van der Waals surface area contributed by atoms with Gasteiger partial charge in [0.2, 0.25) is 0 Å². The van der Waals surface area contributed by atoms with Crippen LogP contribution in [0.15, 0.2) is 65.0 Å². The van der Waals surface area contributed by atoms with Gasteiger partial charge in [-0.25, -0.2) is 4.98 Å². The number of rotatable bonds is 6. The van der Waals surface area contributed by atoms with Crippen molar-refractivity contribution in [1.29, 1.82) is 0 Å². The fourth-order valence-electron chi connectivity index (χ4n) is 3.90. The molecular weight excluding hydrogens is 404 g/mol. The van der Waals surface area contributed by atoms with Crippen LogP contribution in [0.4, 0.5) is 0 Å². The molecule has 2 heterocycles. The summed E-state index contributed by atoms with van der Waals surface area (Å²) < 4.78 is 6.15. The van der Waals surface area contributed by atoms with E-state index in [4.69, 9.17) is 9.72 Å². The van der Waals surface area contributed by atoms with Crippen molar-refractivity contribution in [3.63, 3.8) is 0 Å². The second-order valence-electron chi connectivity index (χ2n) is 7.92. The first-order chi connectivity index (χ1) is 15.2. The number of nitrogens with zero attached hydrogens (tertiary/aromatic N) is 2. The molecule has 162 valence electrons. The normalized spacial score (nSPS) is 19.2. The predicted molar refractivity (Wildman–Crippen MR) is 128 cm³/mol. The molecule has 1 aliphatic heterocycles. The van der Waals surface area contributed by atoms with E-state index < -0.39 is 0 Å².